The van der Waals surface area contributed by atoms with Crippen LogP contribution in [0.2, 0.25) is 0 Å². The second-order valence-corrected chi connectivity index (χ2v) is 4.54. The second kappa shape index (κ2) is 4.13. The summed E-state index contributed by atoms with van der Waals surface area (Å²) < 4.78 is 45.7. The zero-order valence-electron chi connectivity index (χ0n) is 15.1. The highest BCUT2D eigenvalue weighted by molar-refractivity contribution is 6.05. The van der Waals surface area contributed by atoms with E-state index in [1.807, 2.05) is 30.3 Å². The van der Waals surface area contributed by atoms with E-state index in [1.165, 1.54) is 0 Å². The lowest BCUT2D eigenvalue weighted by atomic mass is 9.91. The Morgan fingerprint density at radius 3 is 2.95 bits per heavy atom. The van der Waals surface area contributed by atoms with Crippen LogP contribution in [-0.4, -0.2) is 0 Å². The molecule has 0 spiro atoms. The quantitative estimate of drug-likeness (QED) is 0.580. The van der Waals surface area contributed by atoms with Crippen LogP contribution >= 0.6 is 0 Å². The summed E-state index contributed by atoms with van der Waals surface area (Å²) in [6.07, 6.45) is -1.05. The van der Waals surface area contributed by atoms with Crippen molar-refractivity contribution in [3.05, 3.63) is 72.2 Å². The van der Waals surface area contributed by atoms with Crippen LogP contribution in [0.1, 0.15) is 24.7 Å². The topological polar surface area (TPSA) is 13.1 Å². The maximum Gasteiger partial charge on any atom is 0.135 e. The van der Waals surface area contributed by atoms with Crippen molar-refractivity contribution in [1.82, 2.24) is 0 Å². The van der Waals surface area contributed by atoms with Crippen LogP contribution in [0.25, 0.3) is 21.9 Å². The number of para-hydroxylation sites is 1. The lowest BCUT2D eigenvalue weighted by Crippen LogP contribution is -1.95. The molecule has 1 aliphatic carbocycles. The lowest BCUT2D eigenvalue weighted by Gasteiger charge is -2.13. The minimum Gasteiger partial charge on any atom is -0.456 e. The van der Waals surface area contributed by atoms with Gasteiger partial charge in [0, 0.05) is 18.1 Å². The third-order valence-corrected chi connectivity index (χ3v) is 3.37. The summed E-state index contributed by atoms with van der Waals surface area (Å²) >= 11 is 0. The maximum absolute atomic E-state index is 8.23. The van der Waals surface area contributed by atoms with E-state index in [9.17, 15) is 0 Å². The first-order chi connectivity index (χ1) is 11.5. The Morgan fingerprint density at radius 2 is 1.95 bits per heavy atom. The number of allylic oxidation sites excluding steroid dienone is 4. The van der Waals surface area contributed by atoms with Gasteiger partial charge in [0.2, 0.25) is 0 Å². The maximum atomic E-state index is 8.23. The van der Waals surface area contributed by atoms with E-state index in [4.69, 9.17) is 11.3 Å². The van der Waals surface area contributed by atoms with Crippen molar-refractivity contribution >= 4 is 21.9 Å². The normalized spacial score (nSPS) is 28.1. The summed E-state index contributed by atoms with van der Waals surface area (Å²) in [4.78, 5) is 0. The molecular formula is C18H14O. The molecule has 92 valence electrons. The fourth-order valence-corrected chi connectivity index (χ4v) is 2.43. The molecule has 2 aromatic carbocycles. The van der Waals surface area contributed by atoms with Crippen LogP contribution < -0.4 is 0 Å². The molecule has 19 heavy (non-hydrogen) atoms. The molecule has 1 aromatic heterocycles. The Bertz CT molecular complexity index is 1030. The average molecular weight is 251 g/mol. The third kappa shape index (κ3) is 1.70. The van der Waals surface area contributed by atoms with Gasteiger partial charge in [-0.1, -0.05) is 48.5 Å². The SMILES string of the molecule is [2H]C1=C([2H])C([2H])C(c2ccc3oc4ccccc4c3c2)C([2H])=C1[2H]. The summed E-state index contributed by atoms with van der Waals surface area (Å²) in [6.45, 7) is 0. The zero-order chi connectivity index (χ0) is 17.0. The summed E-state index contributed by atoms with van der Waals surface area (Å²) in [5.41, 5.74) is 2.19. The summed E-state index contributed by atoms with van der Waals surface area (Å²) in [5.74, 6) is -0.711. The molecule has 0 saturated carbocycles. The first kappa shape index (κ1) is 6.76. The van der Waals surface area contributed by atoms with E-state index in [0.29, 0.717) is 5.56 Å². The van der Waals surface area contributed by atoms with Gasteiger partial charge in [-0.05, 0) is 30.2 Å². The Balaban J connectivity index is 1.92. The lowest BCUT2D eigenvalue weighted by molar-refractivity contribution is 0.668. The molecule has 1 heterocycles. The Hall–Kier alpha value is -2.28. The zero-order valence-corrected chi connectivity index (χ0v) is 10.1. The van der Waals surface area contributed by atoms with Gasteiger partial charge in [-0.25, -0.2) is 0 Å². The third-order valence-electron chi connectivity index (χ3n) is 3.37. The molecule has 0 aliphatic heterocycles. The molecule has 0 radical (unpaired) electrons. The smallest absolute Gasteiger partial charge is 0.135 e. The van der Waals surface area contributed by atoms with Crippen LogP contribution in [0, 0.1) is 0 Å². The van der Waals surface area contributed by atoms with Crippen molar-refractivity contribution in [2.45, 2.75) is 12.3 Å². The van der Waals surface area contributed by atoms with Gasteiger partial charge in [-0.3, -0.25) is 0 Å². The van der Waals surface area contributed by atoms with Gasteiger partial charge >= 0.3 is 0 Å². The number of rotatable bonds is 1. The summed E-state index contributed by atoms with van der Waals surface area (Å²) in [6, 6.07) is 12.2. The van der Waals surface area contributed by atoms with Gasteiger partial charge in [0.15, 0.2) is 0 Å². The van der Waals surface area contributed by atoms with E-state index in [-0.39, 0.29) is 24.2 Å². The van der Waals surface area contributed by atoms with Crippen molar-refractivity contribution in [2.75, 3.05) is 0 Å². The van der Waals surface area contributed by atoms with E-state index >= 15 is 0 Å². The van der Waals surface area contributed by atoms with Gasteiger partial charge in [-0.2, -0.15) is 0 Å². The molecule has 3 aromatic rings. The fourth-order valence-electron chi connectivity index (χ4n) is 2.43. The largest absolute Gasteiger partial charge is 0.456 e. The Labute approximate surface area is 118 Å². The van der Waals surface area contributed by atoms with Crippen molar-refractivity contribution in [3.8, 4) is 0 Å². The van der Waals surface area contributed by atoms with Gasteiger partial charge in [0.05, 0.1) is 5.48 Å². The van der Waals surface area contributed by atoms with Crippen LogP contribution in [0.4, 0.5) is 0 Å². The predicted octanol–water partition coefficient (Wildman–Crippen LogP) is 5.19. The molecular weight excluding hydrogens is 232 g/mol. The van der Waals surface area contributed by atoms with Gasteiger partial charge in [0.1, 0.15) is 11.2 Å². The Kier molecular flexibility index (Phi) is 1.47. The van der Waals surface area contributed by atoms with Crippen molar-refractivity contribution in [2.24, 2.45) is 0 Å². The van der Waals surface area contributed by atoms with Crippen molar-refractivity contribution in [1.29, 1.82) is 0 Å². The van der Waals surface area contributed by atoms with E-state index in [1.54, 1.807) is 12.1 Å². The predicted molar refractivity (Wildman–Crippen MR) is 79.4 cm³/mol. The first-order valence-corrected chi connectivity index (χ1v) is 6.17. The molecule has 4 rings (SSSR count). The molecule has 1 heteroatoms. The highest BCUT2D eigenvalue weighted by Crippen LogP contribution is 2.32. The molecule has 0 N–H and O–H groups in total. The van der Waals surface area contributed by atoms with E-state index in [0.717, 1.165) is 21.9 Å². The highest BCUT2D eigenvalue weighted by atomic mass is 16.3. The fraction of sp³-hybridized carbons (Fsp3) is 0.111. The molecule has 1 aliphatic rings. The van der Waals surface area contributed by atoms with Crippen molar-refractivity contribution < 1.29 is 11.3 Å². The number of hydrogen-bond acceptors (Lipinski definition) is 1. The highest BCUT2D eigenvalue weighted by Gasteiger charge is 2.12. The second-order valence-electron chi connectivity index (χ2n) is 4.54. The summed E-state index contributed by atoms with van der Waals surface area (Å²) in [7, 11) is 0. The number of benzene rings is 2. The van der Waals surface area contributed by atoms with Gasteiger partial charge in [-0.15, -0.1) is 0 Å². The van der Waals surface area contributed by atoms with Gasteiger partial charge in [0.25, 0.3) is 0 Å². The average Bonchev–Trinajstić information content (AvgIpc) is 2.96. The van der Waals surface area contributed by atoms with Gasteiger partial charge < -0.3 is 4.42 Å². The number of furan rings is 1. The summed E-state index contributed by atoms with van der Waals surface area (Å²) in [5, 5.41) is 1.85. The molecule has 0 bridgehead atoms. The van der Waals surface area contributed by atoms with Crippen LogP contribution in [-0.2, 0) is 0 Å². The number of hydrogen-bond donors (Lipinski definition) is 0. The minimum atomic E-state index is -1.05. The molecule has 0 saturated heterocycles. The monoisotopic (exact) mass is 251 g/mol. The standard InChI is InChI=1S/C18H14O/c1-2-6-13(7-3-1)14-10-11-18-16(12-14)15-8-4-5-9-17(15)19-18/h1-6,8-13H,7H2/i1D,2D,3D,6D,7D. The Morgan fingerprint density at radius 1 is 1.05 bits per heavy atom. The van der Waals surface area contributed by atoms with E-state index < -0.39 is 12.3 Å². The van der Waals surface area contributed by atoms with Crippen LogP contribution in [0.5, 0.6) is 0 Å². The van der Waals surface area contributed by atoms with Crippen LogP contribution in [0.15, 0.2) is 71.1 Å². The minimum absolute atomic E-state index is 0.0804. The molecule has 1 nitrogen and oxygen atoms in total. The van der Waals surface area contributed by atoms with E-state index in [2.05, 4.69) is 0 Å². The molecule has 2 atom stereocenters. The van der Waals surface area contributed by atoms with Crippen LogP contribution in [0.3, 0.4) is 0 Å². The van der Waals surface area contributed by atoms with Crippen molar-refractivity contribution in [3.63, 3.8) is 0 Å². The molecule has 0 fully saturated rings. The molecule has 0 amide bonds. The first-order valence-electron chi connectivity index (χ1n) is 8.75. The molecule has 2 unspecified atom stereocenters. The number of fused-ring (bicyclic) bond motifs is 3.